The zero-order valence-corrected chi connectivity index (χ0v) is 10.8. The Balaban J connectivity index is 2.34. The molecule has 2 unspecified atom stereocenters. The summed E-state index contributed by atoms with van der Waals surface area (Å²) in [5, 5.41) is 12.7. The van der Waals surface area contributed by atoms with Gasteiger partial charge in [-0.25, -0.2) is 0 Å². The van der Waals surface area contributed by atoms with Crippen molar-refractivity contribution in [2.75, 3.05) is 41.0 Å². The quantitative estimate of drug-likeness (QED) is 0.624. The summed E-state index contributed by atoms with van der Waals surface area (Å²) >= 11 is 0. The molecule has 1 rings (SSSR count). The summed E-state index contributed by atoms with van der Waals surface area (Å²) in [5.41, 5.74) is -0.0415. The van der Waals surface area contributed by atoms with E-state index in [1.165, 1.54) is 6.42 Å². The van der Waals surface area contributed by atoms with Crippen LogP contribution in [-0.2, 0) is 4.74 Å². The summed E-state index contributed by atoms with van der Waals surface area (Å²) in [6.45, 7) is 2.14. The number of nitrogens with one attached hydrogen (secondary N) is 1. The van der Waals surface area contributed by atoms with Crippen LogP contribution in [0.3, 0.4) is 0 Å². The molecule has 0 heterocycles. The van der Waals surface area contributed by atoms with Crippen molar-refractivity contribution in [3.63, 3.8) is 0 Å². The van der Waals surface area contributed by atoms with Gasteiger partial charge in [0.25, 0.3) is 0 Å². The molecule has 2 atom stereocenters. The summed E-state index contributed by atoms with van der Waals surface area (Å²) in [7, 11) is 5.86. The molecule has 0 aromatic rings. The molecule has 1 fully saturated rings. The molecule has 0 amide bonds. The molecule has 0 aromatic carbocycles. The second kappa shape index (κ2) is 6.55. The van der Waals surface area contributed by atoms with Gasteiger partial charge in [0, 0.05) is 31.8 Å². The second-order valence-corrected chi connectivity index (χ2v) is 4.91. The Bertz CT molecular complexity index is 195. The van der Waals surface area contributed by atoms with E-state index in [-0.39, 0.29) is 12.1 Å². The number of rotatable bonds is 7. The van der Waals surface area contributed by atoms with Crippen molar-refractivity contribution < 1.29 is 9.84 Å². The van der Waals surface area contributed by atoms with Crippen molar-refractivity contribution in [1.29, 1.82) is 0 Å². The smallest absolute Gasteiger partial charge is 0.0613 e. The van der Waals surface area contributed by atoms with E-state index in [4.69, 9.17) is 4.74 Å². The number of hydrogen-bond donors (Lipinski definition) is 2. The van der Waals surface area contributed by atoms with Gasteiger partial charge in [-0.1, -0.05) is 0 Å². The van der Waals surface area contributed by atoms with Gasteiger partial charge in [-0.2, -0.15) is 0 Å². The van der Waals surface area contributed by atoms with Crippen LogP contribution in [0.5, 0.6) is 0 Å². The maximum atomic E-state index is 9.43. The minimum absolute atomic E-state index is 0.0415. The first-order valence-corrected chi connectivity index (χ1v) is 6.16. The largest absolute Gasteiger partial charge is 0.394 e. The van der Waals surface area contributed by atoms with Gasteiger partial charge in [-0.15, -0.1) is 0 Å². The fourth-order valence-electron chi connectivity index (χ4n) is 2.56. The molecule has 2 N–H and O–H groups in total. The molecule has 0 spiro atoms. The van der Waals surface area contributed by atoms with Gasteiger partial charge in [0.05, 0.1) is 6.61 Å². The average Bonchev–Trinajstić information content (AvgIpc) is 2.74. The number of nitrogens with zero attached hydrogens (tertiary/aromatic N) is 1. The maximum absolute atomic E-state index is 9.43. The van der Waals surface area contributed by atoms with Crippen LogP contribution in [0, 0.1) is 0 Å². The second-order valence-electron chi connectivity index (χ2n) is 4.91. The normalized spacial score (nSPS) is 30.2. The molecule has 1 aliphatic carbocycles. The van der Waals surface area contributed by atoms with E-state index in [1.54, 1.807) is 7.11 Å². The highest BCUT2D eigenvalue weighted by Gasteiger charge is 2.38. The molecular formula is C12H26N2O2. The Hall–Kier alpha value is -0.160. The molecule has 0 bridgehead atoms. The monoisotopic (exact) mass is 230 g/mol. The minimum Gasteiger partial charge on any atom is -0.394 e. The Morgan fingerprint density at radius 2 is 2.31 bits per heavy atom. The molecule has 1 aliphatic rings. The molecule has 0 aromatic heterocycles. The number of likely N-dealkylation sites (N-methyl/N-ethyl adjacent to an activating group) is 1. The maximum Gasteiger partial charge on any atom is 0.0613 e. The summed E-state index contributed by atoms with van der Waals surface area (Å²) in [4.78, 5) is 2.40. The highest BCUT2D eigenvalue weighted by Crippen LogP contribution is 2.32. The van der Waals surface area contributed by atoms with Gasteiger partial charge in [-0.3, -0.25) is 0 Å². The van der Waals surface area contributed by atoms with Crippen molar-refractivity contribution >= 4 is 0 Å². The van der Waals surface area contributed by atoms with E-state index in [9.17, 15) is 5.11 Å². The molecule has 0 aliphatic heterocycles. The van der Waals surface area contributed by atoms with Crippen molar-refractivity contribution in [3.8, 4) is 0 Å². The molecule has 0 radical (unpaired) electrons. The summed E-state index contributed by atoms with van der Waals surface area (Å²) in [6.07, 6.45) is 4.36. The number of hydrogen-bond acceptors (Lipinski definition) is 4. The molecule has 4 nitrogen and oxygen atoms in total. The van der Waals surface area contributed by atoms with E-state index >= 15 is 0 Å². The van der Waals surface area contributed by atoms with Crippen molar-refractivity contribution in [2.24, 2.45) is 0 Å². The predicted molar refractivity (Wildman–Crippen MR) is 65.6 cm³/mol. The molecule has 0 saturated heterocycles. The predicted octanol–water partition coefficient (Wildman–Crippen LogP) is 0.458. The SMILES string of the molecule is CNC1(CO)CCC(N(C)CCCOC)C1. The first-order valence-electron chi connectivity index (χ1n) is 6.16. The number of methoxy groups -OCH3 is 1. The van der Waals surface area contributed by atoms with Crippen LogP contribution in [0.4, 0.5) is 0 Å². The molecule has 4 heteroatoms. The standard InChI is InChI=1S/C12H26N2O2/c1-13-12(10-15)6-5-11(9-12)14(2)7-4-8-16-3/h11,13,15H,4-10H2,1-3H3. The number of ether oxygens (including phenoxy) is 1. The Morgan fingerprint density at radius 3 is 2.81 bits per heavy atom. The summed E-state index contributed by atoms with van der Waals surface area (Å²) < 4.78 is 5.06. The zero-order chi connectivity index (χ0) is 12.0. The summed E-state index contributed by atoms with van der Waals surface area (Å²) in [6, 6.07) is 0.594. The Morgan fingerprint density at radius 1 is 1.56 bits per heavy atom. The Kier molecular flexibility index (Phi) is 5.69. The molecule has 96 valence electrons. The third-order valence-corrected chi connectivity index (χ3v) is 3.90. The lowest BCUT2D eigenvalue weighted by atomic mass is 9.99. The highest BCUT2D eigenvalue weighted by molar-refractivity contribution is 4.98. The summed E-state index contributed by atoms with van der Waals surface area (Å²) in [5.74, 6) is 0. The first kappa shape index (κ1) is 13.9. The molecule has 1 saturated carbocycles. The first-order chi connectivity index (χ1) is 7.67. The van der Waals surface area contributed by atoms with Crippen LogP contribution in [0.2, 0.25) is 0 Å². The van der Waals surface area contributed by atoms with Crippen LogP contribution in [-0.4, -0.2) is 62.6 Å². The number of aliphatic hydroxyl groups excluding tert-OH is 1. The minimum atomic E-state index is -0.0415. The van der Waals surface area contributed by atoms with Crippen molar-refractivity contribution in [1.82, 2.24) is 10.2 Å². The van der Waals surface area contributed by atoms with E-state index in [0.29, 0.717) is 6.04 Å². The van der Waals surface area contributed by atoms with Gasteiger partial charge in [0.15, 0.2) is 0 Å². The van der Waals surface area contributed by atoms with Gasteiger partial charge in [0.2, 0.25) is 0 Å². The van der Waals surface area contributed by atoms with Crippen LogP contribution in [0.1, 0.15) is 25.7 Å². The van der Waals surface area contributed by atoms with Crippen LogP contribution in [0.15, 0.2) is 0 Å². The van der Waals surface area contributed by atoms with E-state index in [1.807, 2.05) is 7.05 Å². The Labute approximate surface area is 99.0 Å². The van der Waals surface area contributed by atoms with E-state index in [2.05, 4.69) is 17.3 Å². The lowest BCUT2D eigenvalue weighted by molar-refractivity contribution is 0.146. The topological polar surface area (TPSA) is 44.7 Å². The lowest BCUT2D eigenvalue weighted by Gasteiger charge is -2.29. The van der Waals surface area contributed by atoms with E-state index in [0.717, 1.165) is 32.4 Å². The highest BCUT2D eigenvalue weighted by atomic mass is 16.5. The average molecular weight is 230 g/mol. The van der Waals surface area contributed by atoms with Gasteiger partial charge >= 0.3 is 0 Å². The van der Waals surface area contributed by atoms with Gasteiger partial charge < -0.3 is 20.1 Å². The number of aliphatic hydroxyl groups is 1. The van der Waals surface area contributed by atoms with E-state index < -0.39 is 0 Å². The fraction of sp³-hybridized carbons (Fsp3) is 1.00. The van der Waals surface area contributed by atoms with Crippen molar-refractivity contribution in [3.05, 3.63) is 0 Å². The van der Waals surface area contributed by atoms with Gasteiger partial charge in [0.1, 0.15) is 0 Å². The van der Waals surface area contributed by atoms with Crippen LogP contribution >= 0.6 is 0 Å². The fourth-order valence-corrected chi connectivity index (χ4v) is 2.56. The van der Waals surface area contributed by atoms with Gasteiger partial charge in [-0.05, 0) is 39.8 Å². The van der Waals surface area contributed by atoms with Crippen molar-refractivity contribution in [2.45, 2.75) is 37.3 Å². The van der Waals surface area contributed by atoms with Crippen LogP contribution < -0.4 is 5.32 Å². The molecule has 16 heavy (non-hydrogen) atoms. The lowest BCUT2D eigenvalue weighted by Crippen LogP contribution is -2.45. The van der Waals surface area contributed by atoms with Crippen LogP contribution in [0.25, 0.3) is 0 Å². The third-order valence-electron chi connectivity index (χ3n) is 3.90. The third kappa shape index (κ3) is 3.42. The molecular weight excluding hydrogens is 204 g/mol. The zero-order valence-electron chi connectivity index (χ0n) is 10.8.